The molecule has 3 rings (SSSR count). The number of carbonyl (C=O) groups excluding carboxylic acids is 3. The number of likely N-dealkylation sites (tertiary alicyclic amines) is 1. The molecule has 0 spiro atoms. The standard InChI is InChI=1S/C18H22N2O4/c1-13(17(22)19-10-2-3-11-19)24-18(23)14-6-8-15(9-7-14)20-12-4-5-16(20)21/h6-9,13H,2-5,10-12H2,1H3/t13-/m0/s1. The highest BCUT2D eigenvalue weighted by Crippen LogP contribution is 2.22. The van der Waals surface area contributed by atoms with Crippen LogP contribution in [0.3, 0.4) is 0 Å². The predicted octanol–water partition coefficient (Wildman–Crippen LogP) is 1.98. The van der Waals surface area contributed by atoms with Crippen molar-refractivity contribution < 1.29 is 19.1 Å². The van der Waals surface area contributed by atoms with Gasteiger partial charge in [-0.05, 0) is 50.5 Å². The van der Waals surface area contributed by atoms with E-state index in [2.05, 4.69) is 0 Å². The van der Waals surface area contributed by atoms with E-state index in [1.54, 1.807) is 41.0 Å². The maximum Gasteiger partial charge on any atom is 0.338 e. The second-order valence-electron chi connectivity index (χ2n) is 6.28. The van der Waals surface area contributed by atoms with Gasteiger partial charge in [0.2, 0.25) is 5.91 Å². The first-order valence-electron chi connectivity index (χ1n) is 8.46. The van der Waals surface area contributed by atoms with Crippen molar-refractivity contribution in [1.82, 2.24) is 4.90 Å². The average molecular weight is 330 g/mol. The molecule has 6 nitrogen and oxygen atoms in total. The smallest absolute Gasteiger partial charge is 0.338 e. The van der Waals surface area contributed by atoms with Crippen molar-refractivity contribution in [3.05, 3.63) is 29.8 Å². The van der Waals surface area contributed by atoms with Gasteiger partial charge in [0, 0.05) is 31.7 Å². The van der Waals surface area contributed by atoms with Crippen LogP contribution in [0.15, 0.2) is 24.3 Å². The third-order valence-electron chi connectivity index (χ3n) is 4.54. The second kappa shape index (κ2) is 7.03. The summed E-state index contributed by atoms with van der Waals surface area (Å²) in [4.78, 5) is 39.6. The predicted molar refractivity (Wildman–Crippen MR) is 88.7 cm³/mol. The molecule has 2 aliphatic rings. The molecule has 2 fully saturated rings. The monoisotopic (exact) mass is 330 g/mol. The Labute approximate surface area is 141 Å². The molecule has 1 aromatic carbocycles. The molecule has 2 aliphatic heterocycles. The van der Waals surface area contributed by atoms with E-state index in [1.807, 2.05) is 0 Å². The molecule has 128 valence electrons. The number of rotatable bonds is 4. The van der Waals surface area contributed by atoms with Crippen LogP contribution in [0.1, 0.15) is 43.0 Å². The molecule has 2 heterocycles. The summed E-state index contributed by atoms with van der Waals surface area (Å²) in [6.07, 6.45) is 2.65. The van der Waals surface area contributed by atoms with E-state index in [1.165, 1.54) is 0 Å². The van der Waals surface area contributed by atoms with Crippen molar-refractivity contribution in [3.8, 4) is 0 Å². The average Bonchev–Trinajstić information content (AvgIpc) is 3.25. The van der Waals surface area contributed by atoms with Crippen LogP contribution in [0.5, 0.6) is 0 Å². The lowest BCUT2D eigenvalue weighted by molar-refractivity contribution is -0.138. The third-order valence-corrected chi connectivity index (χ3v) is 4.54. The summed E-state index contributed by atoms with van der Waals surface area (Å²) in [6.45, 7) is 3.79. The normalized spacial score (nSPS) is 18.8. The first kappa shape index (κ1) is 16.5. The molecule has 2 amide bonds. The zero-order valence-electron chi connectivity index (χ0n) is 13.9. The van der Waals surface area contributed by atoms with E-state index in [4.69, 9.17) is 4.74 Å². The highest BCUT2D eigenvalue weighted by molar-refractivity contribution is 5.96. The van der Waals surface area contributed by atoms with E-state index in [0.717, 1.165) is 38.0 Å². The summed E-state index contributed by atoms with van der Waals surface area (Å²) in [7, 11) is 0. The first-order valence-corrected chi connectivity index (χ1v) is 8.46. The Morgan fingerprint density at radius 3 is 2.29 bits per heavy atom. The van der Waals surface area contributed by atoms with Gasteiger partial charge in [0.1, 0.15) is 0 Å². The Hall–Kier alpha value is -2.37. The van der Waals surface area contributed by atoms with E-state index in [9.17, 15) is 14.4 Å². The highest BCUT2D eigenvalue weighted by atomic mass is 16.5. The van der Waals surface area contributed by atoms with Crippen molar-refractivity contribution >= 4 is 23.5 Å². The Morgan fingerprint density at radius 2 is 1.71 bits per heavy atom. The second-order valence-corrected chi connectivity index (χ2v) is 6.28. The van der Waals surface area contributed by atoms with Crippen molar-refractivity contribution in [2.75, 3.05) is 24.5 Å². The summed E-state index contributed by atoms with van der Waals surface area (Å²) in [5.41, 5.74) is 1.17. The van der Waals surface area contributed by atoms with Gasteiger partial charge in [-0.15, -0.1) is 0 Å². The molecule has 2 saturated heterocycles. The van der Waals surface area contributed by atoms with E-state index in [0.29, 0.717) is 18.5 Å². The first-order chi connectivity index (χ1) is 11.6. The van der Waals surface area contributed by atoms with Gasteiger partial charge >= 0.3 is 5.97 Å². The van der Waals surface area contributed by atoms with Crippen LogP contribution in [0, 0.1) is 0 Å². The number of esters is 1. The molecule has 0 bridgehead atoms. The fourth-order valence-electron chi connectivity index (χ4n) is 3.17. The maximum atomic E-state index is 12.2. The number of carbonyl (C=O) groups is 3. The van der Waals surface area contributed by atoms with Gasteiger partial charge in [0.15, 0.2) is 6.10 Å². The quantitative estimate of drug-likeness (QED) is 0.792. The van der Waals surface area contributed by atoms with Crippen molar-refractivity contribution in [2.45, 2.75) is 38.7 Å². The van der Waals surface area contributed by atoms with Crippen molar-refractivity contribution in [3.63, 3.8) is 0 Å². The molecule has 1 aromatic rings. The maximum absolute atomic E-state index is 12.2. The molecule has 0 unspecified atom stereocenters. The van der Waals surface area contributed by atoms with Gasteiger partial charge in [0.25, 0.3) is 5.91 Å². The van der Waals surface area contributed by atoms with Gasteiger partial charge < -0.3 is 14.5 Å². The Kier molecular flexibility index (Phi) is 4.83. The number of nitrogens with zero attached hydrogens (tertiary/aromatic N) is 2. The Balaban J connectivity index is 1.60. The van der Waals surface area contributed by atoms with Gasteiger partial charge in [0.05, 0.1) is 5.56 Å². The van der Waals surface area contributed by atoms with Crippen LogP contribution >= 0.6 is 0 Å². The SMILES string of the molecule is C[C@H](OC(=O)c1ccc(N2CCCC2=O)cc1)C(=O)N1CCCC1. The van der Waals surface area contributed by atoms with Crippen LogP contribution in [-0.2, 0) is 14.3 Å². The number of amides is 2. The Morgan fingerprint density at radius 1 is 1.04 bits per heavy atom. The summed E-state index contributed by atoms with van der Waals surface area (Å²) in [6, 6.07) is 6.76. The molecule has 24 heavy (non-hydrogen) atoms. The minimum atomic E-state index is -0.782. The number of hydrogen-bond acceptors (Lipinski definition) is 4. The molecule has 0 saturated carbocycles. The number of ether oxygens (including phenoxy) is 1. The fourth-order valence-corrected chi connectivity index (χ4v) is 3.17. The topological polar surface area (TPSA) is 66.9 Å². The number of anilines is 1. The lowest BCUT2D eigenvalue weighted by Gasteiger charge is -2.20. The fraction of sp³-hybridized carbons (Fsp3) is 0.500. The Bertz CT molecular complexity index is 635. The van der Waals surface area contributed by atoms with Gasteiger partial charge in [-0.1, -0.05) is 0 Å². The van der Waals surface area contributed by atoms with Gasteiger partial charge in [-0.25, -0.2) is 4.79 Å². The van der Waals surface area contributed by atoms with E-state index in [-0.39, 0.29) is 11.8 Å². The number of hydrogen-bond donors (Lipinski definition) is 0. The third kappa shape index (κ3) is 3.42. The zero-order chi connectivity index (χ0) is 17.1. The summed E-state index contributed by atoms with van der Waals surface area (Å²) in [5.74, 6) is -0.551. The molecule has 0 radical (unpaired) electrons. The van der Waals surface area contributed by atoms with Gasteiger partial charge in [-0.2, -0.15) is 0 Å². The molecule has 0 aromatic heterocycles. The zero-order valence-corrected chi connectivity index (χ0v) is 13.9. The minimum Gasteiger partial charge on any atom is -0.449 e. The van der Waals surface area contributed by atoms with Crippen LogP contribution < -0.4 is 4.90 Å². The largest absolute Gasteiger partial charge is 0.449 e. The molecule has 1 atom stereocenters. The summed E-state index contributed by atoms with van der Waals surface area (Å²) in [5, 5.41) is 0. The highest BCUT2D eigenvalue weighted by Gasteiger charge is 2.26. The lowest BCUT2D eigenvalue weighted by Crippen LogP contribution is -2.38. The molecular formula is C18H22N2O4. The molecule has 6 heteroatoms. The minimum absolute atomic E-state index is 0.107. The van der Waals surface area contributed by atoms with Crippen LogP contribution in [0.2, 0.25) is 0 Å². The van der Waals surface area contributed by atoms with Gasteiger partial charge in [-0.3, -0.25) is 9.59 Å². The van der Waals surface area contributed by atoms with E-state index >= 15 is 0 Å². The van der Waals surface area contributed by atoms with Crippen LogP contribution in [0.4, 0.5) is 5.69 Å². The summed E-state index contributed by atoms with van der Waals surface area (Å²) < 4.78 is 5.29. The molecule has 0 aliphatic carbocycles. The van der Waals surface area contributed by atoms with Crippen LogP contribution in [0.25, 0.3) is 0 Å². The summed E-state index contributed by atoms with van der Waals surface area (Å²) >= 11 is 0. The lowest BCUT2D eigenvalue weighted by atomic mass is 10.2. The number of benzene rings is 1. The van der Waals surface area contributed by atoms with E-state index < -0.39 is 12.1 Å². The van der Waals surface area contributed by atoms with Crippen molar-refractivity contribution in [2.24, 2.45) is 0 Å². The molecular weight excluding hydrogens is 308 g/mol. The van der Waals surface area contributed by atoms with Crippen molar-refractivity contribution in [1.29, 1.82) is 0 Å². The molecule has 0 N–H and O–H groups in total. The van der Waals surface area contributed by atoms with Crippen LogP contribution in [-0.4, -0.2) is 48.4 Å².